The van der Waals surface area contributed by atoms with Crippen molar-refractivity contribution in [3.8, 4) is 23.3 Å². The van der Waals surface area contributed by atoms with Crippen molar-refractivity contribution in [1.82, 2.24) is 19.9 Å². The van der Waals surface area contributed by atoms with Gasteiger partial charge in [0, 0.05) is 77.8 Å². The maximum absolute atomic E-state index is 12.5. The van der Waals surface area contributed by atoms with Crippen molar-refractivity contribution in [2.24, 2.45) is 11.8 Å². The second-order valence-electron chi connectivity index (χ2n) is 16.6. The molecule has 0 N–H and O–H groups in total. The zero-order valence-electron chi connectivity index (χ0n) is 34.9. The number of halogens is 1. The monoisotopic (exact) mass is 886 g/mol. The number of allylic oxidation sites excluding steroid dienone is 2. The van der Waals surface area contributed by atoms with E-state index in [2.05, 4.69) is 72.3 Å². The predicted octanol–water partition coefficient (Wildman–Crippen LogP) is 13.9. The Bertz CT molecular complexity index is 2470. The predicted molar refractivity (Wildman–Crippen MR) is 247 cm³/mol. The highest BCUT2D eigenvalue weighted by molar-refractivity contribution is 9.10. The molecular formula is C53H51BrN4O4. The summed E-state index contributed by atoms with van der Waals surface area (Å²) in [5, 5.41) is 0. The summed E-state index contributed by atoms with van der Waals surface area (Å²) < 4.78 is 12.8. The SMILES string of the molecule is O=C(CC1CCC(=Cc2cccc(Oc3ccc(Br)cn3)c2)CC1)c1cccnc1.O=C(CC1CCC(=Cc2cccc(Oc3ccc(C4CC4)cn3)c2)CC1)c1cccnc1. The molecule has 0 radical (unpaired) electrons. The minimum atomic E-state index is 0.201. The summed E-state index contributed by atoms with van der Waals surface area (Å²) in [4.78, 5) is 41.7. The van der Waals surface area contributed by atoms with Crippen LogP contribution in [0.3, 0.4) is 0 Å². The van der Waals surface area contributed by atoms with Crippen molar-refractivity contribution in [3.05, 3.63) is 178 Å². The lowest BCUT2D eigenvalue weighted by Gasteiger charge is -2.23. The fourth-order valence-corrected chi connectivity index (χ4v) is 8.43. The van der Waals surface area contributed by atoms with Crippen LogP contribution in [0, 0.1) is 11.8 Å². The largest absolute Gasteiger partial charge is 0.439 e. The van der Waals surface area contributed by atoms with Crippen LogP contribution in [0.25, 0.3) is 12.2 Å². The van der Waals surface area contributed by atoms with Gasteiger partial charge in [-0.05, 0) is 169 Å². The number of nitrogens with zero attached hydrogens (tertiary/aromatic N) is 4. The molecule has 4 aromatic heterocycles. The number of Topliss-reactive ketones (excluding diaryl/α,β-unsaturated/α-hetero) is 2. The van der Waals surface area contributed by atoms with E-state index in [1.54, 1.807) is 31.0 Å². The first-order chi connectivity index (χ1) is 30.4. The van der Waals surface area contributed by atoms with Crippen molar-refractivity contribution in [2.75, 3.05) is 0 Å². The highest BCUT2D eigenvalue weighted by Gasteiger charge is 2.24. The first-order valence-corrected chi connectivity index (χ1v) is 22.6. The van der Waals surface area contributed by atoms with Gasteiger partial charge < -0.3 is 9.47 Å². The molecule has 3 aliphatic rings. The van der Waals surface area contributed by atoms with E-state index >= 15 is 0 Å². The van der Waals surface area contributed by atoms with Gasteiger partial charge in [-0.2, -0.15) is 0 Å². The lowest BCUT2D eigenvalue weighted by atomic mass is 9.82. The van der Waals surface area contributed by atoms with Gasteiger partial charge in [-0.25, -0.2) is 9.97 Å². The second kappa shape index (κ2) is 21.1. The zero-order valence-corrected chi connectivity index (χ0v) is 36.5. The number of carbonyl (C=O) groups excluding carboxylic acids is 2. The van der Waals surface area contributed by atoms with Crippen LogP contribution in [-0.4, -0.2) is 31.5 Å². The standard InChI is InChI=1S/C28H28N2O2.C25H23BrN2O2/c31-27(25-4-2-14-29-18-25)17-21-8-6-20(7-9-21)15-22-3-1-5-26(16-22)32-28-13-12-24(19-30-28)23-10-11-23;26-22-10-11-25(28-17-22)30-23-5-1-3-20(14-23)13-18-6-8-19(9-7-18)15-24(29)21-4-2-12-27-16-21/h1-5,12-16,18-19,21,23H,6-11,17H2;1-5,10-14,16-17,19H,6-9,15H2. The third-order valence-electron chi connectivity index (χ3n) is 11.8. The maximum Gasteiger partial charge on any atom is 0.219 e. The molecule has 3 fully saturated rings. The molecule has 3 saturated carbocycles. The molecule has 3 aliphatic carbocycles. The number of rotatable bonds is 13. The topological polar surface area (TPSA) is 104 Å². The number of aromatic nitrogens is 4. The van der Waals surface area contributed by atoms with E-state index in [1.165, 1.54) is 29.6 Å². The Morgan fingerprint density at radius 3 is 1.48 bits per heavy atom. The van der Waals surface area contributed by atoms with Gasteiger partial charge >= 0.3 is 0 Å². The van der Waals surface area contributed by atoms with Gasteiger partial charge in [0.05, 0.1) is 0 Å². The van der Waals surface area contributed by atoms with Gasteiger partial charge in [0.25, 0.3) is 0 Å². The number of ketones is 2. The molecule has 0 bridgehead atoms. The Hall–Kier alpha value is -6.06. The Labute approximate surface area is 372 Å². The van der Waals surface area contributed by atoms with Crippen LogP contribution < -0.4 is 9.47 Å². The van der Waals surface area contributed by atoms with Gasteiger partial charge in [0.1, 0.15) is 11.5 Å². The number of ether oxygens (including phenoxy) is 2. The van der Waals surface area contributed by atoms with Gasteiger partial charge in [-0.3, -0.25) is 19.6 Å². The minimum absolute atomic E-state index is 0.201. The van der Waals surface area contributed by atoms with Crippen molar-refractivity contribution in [3.63, 3.8) is 0 Å². The minimum Gasteiger partial charge on any atom is -0.439 e. The molecule has 0 unspecified atom stereocenters. The van der Waals surface area contributed by atoms with Gasteiger partial charge in [-0.15, -0.1) is 0 Å². The van der Waals surface area contributed by atoms with Crippen LogP contribution in [-0.2, 0) is 0 Å². The van der Waals surface area contributed by atoms with Crippen LogP contribution in [0.4, 0.5) is 0 Å². The molecule has 4 heterocycles. The molecule has 9 rings (SSSR count). The third kappa shape index (κ3) is 12.7. The molecule has 0 saturated heterocycles. The molecule has 9 heteroatoms. The summed E-state index contributed by atoms with van der Waals surface area (Å²) >= 11 is 3.38. The number of hydrogen-bond acceptors (Lipinski definition) is 8. The number of hydrogen-bond donors (Lipinski definition) is 0. The first-order valence-electron chi connectivity index (χ1n) is 21.8. The van der Waals surface area contributed by atoms with Crippen molar-refractivity contribution in [2.45, 2.75) is 83.0 Å². The lowest BCUT2D eigenvalue weighted by molar-refractivity contribution is 0.0945. The molecule has 314 valence electrons. The zero-order chi connectivity index (χ0) is 42.5. The van der Waals surface area contributed by atoms with Crippen LogP contribution >= 0.6 is 15.9 Å². The van der Waals surface area contributed by atoms with Crippen LogP contribution in [0.2, 0.25) is 0 Å². The van der Waals surface area contributed by atoms with E-state index in [4.69, 9.17) is 9.47 Å². The van der Waals surface area contributed by atoms with Crippen molar-refractivity contribution in [1.29, 1.82) is 0 Å². The quantitative estimate of drug-likeness (QED) is 0.106. The Kier molecular flexibility index (Phi) is 14.5. The molecule has 62 heavy (non-hydrogen) atoms. The van der Waals surface area contributed by atoms with E-state index in [1.807, 2.05) is 79.0 Å². The van der Waals surface area contributed by atoms with Crippen LogP contribution in [0.15, 0.2) is 150 Å². The van der Waals surface area contributed by atoms with Gasteiger partial charge in [-0.1, -0.05) is 53.6 Å². The summed E-state index contributed by atoms with van der Waals surface area (Å²) in [5.41, 5.74) is 7.91. The van der Waals surface area contributed by atoms with Gasteiger partial charge in [0.2, 0.25) is 11.8 Å². The van der Waals surface area contributed by atoms with Gasteiger partial charge in [0.15, 0.2) is 11.6 Å². The normalized spacial score (nSPS) is 17.2. The molecule has 0 aliphatic heterocycles. The summed E-state index contributed by atoms with van der Waals surface area (Å²) in [6.07, 6.45) is 27.1. The molecule has 6 aromatic rings. The lowest BCUT2D eigenvalue weighted by Crippen LogP contribution is -2.13. The molecule has 0 amide bonds. The van der Waals surface area contributed by atoms with E-state index < -0.39 is 0 Å². The Morgan fingerprint density at radius 1 is 0.565 bits per heavy atom. The first kappa shape index (κ1) is 42.6. The highest BCUT2D eigenvalue weighted by Crippen LogP contribution is 2.40. The summed E-state index contributed by atoms with van der Waals surface area (Å²) in [6.45, 7) is 0. The van der Waals surface area contributed by atoms with E-state index in [0.29, 0.717) is 42.4 Å². The third-order valence-corrected chi connectivity index (χ3v) is 12.3. The number of benzene rings is 2. The summed E-state index contributed by atoms with van der Waals surface area (Å²) in [7, 11) is 0. The van der Waals surface area contributed by atoms with E-state index in [0.717, 1.165) is 89.6 Å². The second-order valence-corrected chi connectivity index (χ2v) is 17.5. The van der Waals surface area contributed by atoms with E-state index in [9.17, 15) is 9.59 Å². The van der Waals surface area contributed by atoms with E-state index in [-0.39, 0.29) is 11.6 Å². The summed E-state index contributed by atoms with van der Waals surface area (Å²) in [6, 6.07) is 31.4. The highest BCUT2D eigenvalue weighted by atomic mass is 79.9. The molecular weight excluding hydrogens is 837 g/mol. The smallest absolute Gasteiger partial charge is 0.219 e. The average molecular weight is 888 g/mol. The fourth-order valence-electron chi connectivity index (χ4n) is 8.19. The Morgan fingerprint density at radius 2 is 1.06 bits per heavy atom. The fraction of sp³-hybridized carbons (Fsp3) is 0.283. The average Bonchev–Trinajstić information content (AvgIpc) is 4.16. The molecule has 8 nitrogen and oxygen atoms in total. The van der Waals surface area contributed by atoms with Crippen LogP contribution in [0.1, 0.15) is 120 Å². The molecule has 0 atom stereocenters. The Balaban J connectivity index is 0.000000171. The van der Waals surface area contributed by atoms with Crippen LogP contribution in [0.5, 0.6) is 23.3 Å². The van der Waals surface area contributed by atoms with Crippen molar-refractivity contribution < 1.29 is 19.1 Å². The molecule has 0 spiro atoms. The maximum atomic E-state index is 12.5. The molecule has 2 aromatic carbocycles. The number of carbonyl (C=O) groups is 2. The summed E-state index contributed by atoms with van der Waals surface area (Å²) in [5.74, 6) is 4.81. The van der Waals surface area contributed by atoms with Crippen molar-refractivity contribution >= 4 is 39.6 Å². The number of pyridine rings is 4.